The van der Waals surface area contributed by atoms with Crippen molar-refractivity contribution in [2.45, 2.75) is 37.8 Å². The number of rotatable bonds is 5. The third kappa shape index (κ3) is 4.36. The molecular formula is C18H23FN4O3S. The Hall–Kier alpha value is -2.26. The van der Waals surface area contributed by atoms with Gasteiger partial charge < -0.3 is 9.88 Å². The van der Waals surface area contributed by atoms with Gasteiger partial charge >= 0.3 is 0 Å². The van der Waals surface area contributed by atoms with Crippen molar-refractivity contribution in [3.05, 3.63) is 42.6 Å². The summed E-state index contributed by atoms with van der Waals surface area (Å²) in [4.78, 5) is 16.4. The summed E-state index contributed by atoms with van der Waals surface area (Å²) in [6.07, 6.45) is 3.86. The van der Waals surface area contributed by atoms with Gasteiger partial charge in [-0.05, 0) is 44.9 Å². The monoisotopic (exact) mass is 394 g/mol. The average molecular weight is 394 g/mol. The molecule has 1 aromatic carbocycles. The SMILES string of the molecule is CC(C)n1cnc(S(=O)(=O)N2CCC(C(=O)Nc3cccc(F)c3)CC2)c1. The van der Waals surface area contributed by atoms with Gasteiger partial charge in [-0.3, -0.25) is 4.79 Å². The van der Waals surface area contributed by atoms with Gasteiger partial charge in [0, 0.05) is 36.9 Å². The number of carbonyl (C=O) groups excluding carboxylic acids is 1. The predicted molar refractivity (Wildman–Crippen MR) is 99.1 cm³/mol. The van der Waals surface area contributed by atoms with Gasteiger partial charge in [0.05, 0.1) is 6.33 Å². The minimum absolute atomic E-state index is 0.0267. The zero-order valence-electron chi connectivity index (χ0n) is 15.3. The molecule has 1 fully saturated rings. The van der Waals surface area contributed by atoms with Gasteiger partial charge in [-0.15, -0.1) is 0 Å². The Morgan fingerprint density at radius 2 is 2.00 bits per heavy atom. The zero-order valence-corrected chi connectivity index (χ0v) is 16.1. The topological polar surface area (TPSA) is 84.3 Å². The maximum absolute atomic E-state index is 13.2. The van der Waals surface area contributed by atoms with E-state index in [1.807, 2.05) is 13.8 Å². The number of halogens is 1. The van der Waals surface area contributed by atoms with Crippen LogP contribution in [0.2, 0.25) is 0 Å². The van der Waals surface area contributed by atoms with E-state index in [2.05, 4.69) is 10.3 Å². The van der Waals surface area contributed by atoms with E-state index in [1.54, 1.807) is 10.6 Å². The van der Waals surface area contributed by atoms with E-state index in [1.165, 1.54) is 35.0 Å². The standard InChI is InChI=1S/C18H23FN4O3S/c1-13(2)22-11-17(20-12-22)27(25,26)23-8-6-14(7-9-23)18(24)21-16-5-3-4-15(19)10-16/h3-5,10-14H,6-9H2,1-2H3,(H,21,24). The first-order valence-corrected chi connectivity index (χ1v) is 10.3. The first-order valence-electron chi connectivity index (χ1n) is 8.87. The van der Waals surface area contributed by atoms with Crippen molar-refractivity contribution in [3.8, 4) is 0 Å². The van der Waals surface area contributed by atoms with Crippen LogP contribution in [-0.2, 0) is 14.8 Å². The molecular weight excluding hydrogens is 371 g/mol. The number of benzene rings is 1. The van der Waals surface area contributed by atoms with Crippen molar-refractivity contribution >= 4 is 21.6 Å². The molecule has 9 heteroatoms. The van der Waals surface area contributed by atoms with Crippen LogP contribution in [0.5, 0.6) is 0 Å². The molecule has 0 atom stereocenters. The Morgan fingerprint density at radius 3 is 2.59 bits per heavy atom. The molecule has 7 nitrogen and oxygen atoms in total. The third-order valence-corrected chi connectivity index (χ3v) is 6.48. The lowest BCUT2D eigenvalue weighted by molar-refractivity contribution is -0.120. The molecule has 3 rings (SSSR count). The Balaban J connectivity index is 1.61. The van der Waals surface area contributed by atoms with Crippen LogP contribution in [0.3, 0.4) is 0 Å². The number of hydrogen-bond donors (Lipinski definition) is 1. The summed E-state index contributed by atoms with van der Waals surface area (Å²) in [6, 6.07) is 5.82. The number of amides is 1. The lowest BCUT2D eigenvalue weighted by Gasteiger charge is -2.29. The number of nitrogens with zero attached hydrogens (tertiary/aromatic N) is 3. The Kier molecular flexibility index (Phi) is 5.61. The van der Waals surface area contributed by atoms with Crippen molar-refractivity contribution in [2.24, 2.45) is 5.92 Å². The van der Waals surface area contributed by atoms with Crippen LogP contribution >= 0.6 is 0 Å². The molecule has 1 amide bonds. The molecule has 0 spiro atoms. The van der Waals surface area contributed by atoms with Gasteiger partial charge in [-0.2, -0.15) is 4.31 Å². The second-order valence-corrected chi connectivity index (χ2v) is 8.82. The summed E-state index contributed by atoms with van der Waals surface area (Å²) in [6.45, 7) is 4.39. The van der Waals surface area contributed by atoms with Gasteiger partial charge in [0.2, 0.25) is 5.91 Å². The van der Waals surface area contributed by atoms with E-state index >= 15 is 0 Å². The van der Waals surface area contributed by atoms with Crippen LogP contribution in [0.15, 0.2) is 41.8 Å². The minimum Gasteiger partial charge on any atom is -0.334 e. The van der Waals surface area contributed by atoms with Gasteiger partial charge in [0.25, 0.3) is 10.0 Å². The Labute approximate surface area is 158 Å². The maximum Gasteiger partial charge on any atom is 0.262 e. The summed E-state index contributed by atoms with van der Waals surface area (Å²) >= 11 is 0. The number of imidazole rings is 1. The smallest absolute Gasteiger partial charge is 0.262 e. The summed E-state index contributed by atoms with van der Waals surface area (Å²) in [5, 5.41) is 2.72. The fourth-order valence-corrected chi connectivity index (χ4v) is 4.43. The summed E-state index contributed by atoms with van der Waals surface area (Å²) in [7, 11) is -3.67. The molecule has 1 aromatic heterocycles. The fourth-order valence-electron chi connectivity index (χ4n) is 3.03. The quantitative estimate of drug-likeness (QED) is 0.845. The molecule has 0 saturated carbocycles. The van der Waals surface area contributed by atoms with Crippen LogP contribution < -0.4 is 5.32 Å². The van der Waals surface area contributed by atoms with Crippen LogP contribution in [0.4, 0.5) is 10.1 Å². The molecule has 2 heterocycles. The Bertz CT molecular complexity index is 918. The highest BCUT2D eigenvalue weighted by Crippen LogP contribution is 2.24. The highest BCUT2D eigenvalue weighted by atomic mass is 32.2. The highest BCUT2D eigenvalue weighted by Gasteiger charge is 2.33. The van der Waals surface area contributed by atoms with E-state index in [4.69, 9.17) is 0 Å². The van der Waals surface area contributed by atoms with Crippen molar-refractivity contribution in [2.75, 3.05) is 18.4 Å². The van der Waals surface area contributed by atoms with E-state index in [9.17, 15) is 17.6 Å². The van der Waals surface area contributed by atoms with Crippen LogP contribution in [0.1, 0.15) is 32.7 Å². The molecule has 146 valence electrons. The normalized spacial score (nSPS) is 16.6. The number of anilines is 1. The second-order valence-electron chi connectivity index (χ2n) is 6.93. The molecule has 27 heavy (non-hydrogen) atoms. The number of piperidine rings is 1. The second kappa shape index (κ2) is 7.77. The molecule has 1 saturated heterocycles. The fraction of sp³-hybridized carbons (Fsp3) is 0.444. The molecule has 1 aliphatic heterocycles. The van der Waals surface area contributed by atoms with Crippen molar-refractivity contribution in [1.29, 1.82) is 0 Å². The van der Waals surface area contributed by atoms with Crippen molar-refractivity contribution < 1.29 is 17.6 Å². The largest absolute Gasteiger partial charge is 0.334 e. The van der Waals surface area contributed by atoms with Gasteiger partial charge in [0.1, 0.15) is 5.82 Å². The molecule has 1 aliphatic rings. The molecule has 1 N–H and O–H groups in total. The van der Waals surface area contributed by atoms with Crippen LogP contribution in [0, 0.1) is 11.7 Å². The summed E-state index contributed by atoms with van der Waals surface area (Å²) in [5.74, 6) is -0.954. The summed E-state index contributed by atoms with van der Waals surface area (Å²) < 4.78 is 41.8. The lowest BCUT2D eigenvalue weighted by Crippen LogP contribution is -2.41. The first kappa shape index (κ1) is 19.5. The van der Waals surface area contributed by atoms with Gasteiger partial charge in [0.15, 0.2) is 5.03 Å². The molecule has 0 bridgehead atoms. The number of aromatic nitrogens is 2. The lowest BCUT2D eigenvalue weighted by atomic mass is 9.97. The molecule has 0 unspecified atom stereocenters. The first-order chi connectivity index (χ1) is 12.8. The number of hydrogen-bond acceptors (Lipinski definition) is 4. The molecule has 2 aromatic rings. The average Bonchev–Trinajstić information content (AvgIpc) is 3.13. The van der Waals surface area contributed by atoms with E-state index < -0.39 is 15.8 Å². The number of sulfonamides is 1. The Morgan fingerprint density at radius 1 is 1.30 bits per heavy atom. The molecule has 0 radical (unpaired) electrons. The summed E-state index contributed by atoms with van der Waals surface area (Å²) in [5.41, 5.74) is 0.397. The van der Waals surface area contributed by atoms with E-state index in [0.29, 0.717) is 18.5 Å². The predicted octanol–water partition coefficient (Wildman–Crippen LogP) is 2.64. The van der Waals surface area contributed by atoms with Crippen molar-refractivity contribution in [1.82, 2.24) is 13.9 Å². The third-order valence-electron chi connectivity index (χ3n) is 4.70. The van der Waals surface area contributed by atoms with E-state index in [-0.39, 0.29) is 36.0 Å². The van der Waals surface area contributed by atoms with Crippen LogP contribution in [-0.4, -0.2) is 41.3 Å². The minimum atomic E-state index is -3.67. The number of carbonyl (C=O) groups is 1. The van der Waals surface area contributed by atoms with Crippen molar-refractivity contribution in [3.63, 3.8) is 0 Å². The van der Waals surface area contributed by atoms with Crippen LogP contribution in [0.25, 0.3) is 0 Å². The van der Waals surface area contributed by atoms with E-state index in [0.717, 1.165) is 0 Å². The zero-order chi connectivity index (χ0) is 19.6. The van der Waals surface area contributed by atoms with Gasteiger partial charge in [-0.1, -0.05) is 6.07 Å². The highest BCUT2D eigenvalue weighted by molar-refractivity contribution is 7.89. The van der Waals surface area contributed by atoms with Gasteiger partial charge in [-0.25, -0.2) is 17.8 Å². The number of nitrogens with one attached hydrogen (secondary N) is 1. The molecule has 0 aliphatic carbocycles. The maximum atomic E-state index is 13.2.